The summed E-state index contributed by atoms with van der Waals surface area (Å²) in [5.74, 6) is 0.439. The Labute approximate surface area is 78.2 Å². The van der Waals surface area contributed by atoms with Gasteiger partial charge in [0.1, 0.15) is 0 Å². The molecule has 1 unspecified atom stereocenters. The fraction of sp³-hybridized carbons (Fsp3) is 0.700. The Morgan fingerprint density at radius 3 is 2.77 bits per heavy atom. The van der Waals surface area contributed by atoms with Crippen LogP contribution in [0.3, 0.4) is 0 Å². The number of imidazole rings is 1. The highest BCUT2D eigenvalue weighted by Crippen LogP contribution is 2.33. The highest BCUT2D eigenvalue weighted by molar-refractivity contribution is 5.01. The van der Waals surface area contributed by atoms with E-state index in [4.69, 9.17) is 0 Å². The molecule has 1 heterocycles. The Balaban J connectivity index is 1.99. The van der Waals surface area contributed by atoms with Crippen LogP contribution in [0.1, 0.15) is 43.9 Å². The first-order chi connectivity index (χ1) is 6.38. The van der Waals surface area contributed by atoms with Crippen molar-refractivity contribution in [2.45, 2.75) is 38.2 Å². The molecule has 1 fully saturated rings. The molecule has 3 heteroatoms. The number of aliphatic hydroxyl groups is 1. The minimum absolute atomic E-state index is 0.331. The Morgan fingerprint density at radius 1 is 1.38 bits per heavy atom. The fourth-order valence-corrected chi connectivity index (χ4v) is 2.13. The van der Waals surface area contributed by atoms with Crippen molar-refractivity contribution >= 4 is 0 Å². The van der Waals surface area contributed by atoms with Crippen molar-refractivity contribution < 1.29 is 5.11 Å². The molecule has 3 nitrogen and oxygen atoms in total. The van der Waals surface area contributed by atoms with E-state index in [0.29, 0.717) is 5.92 Å². The lowest BCUT2D eigenvalue weighted by Crippen LogP contribution is -2.16. The van der Waals surface area contributed by atoms with Gasteiger partial charge in [-0.25, -0.2) is 4.98 Å². The smallest absolute Gasteiger partial charge is 0.0981 e. The van der Waals surface area contributed by atoms with Crippen LogP contribution < -0.4 is 0 Å². The number of aliphatic hydroxyl groups excluding tert-OH is 1. The van der Waals surface area contributed by atoms with E-state index in [2.05, 4.69) is 9.97 Å². The van der Waals surface area contributed by atoms with Gasteiger partial charge in [0.2, 0.25) is 0 Å². The van der Waals surface area contributed by atoms with Gasteiger partial charge in [-0.2, -0.15) is 0 Å². The van der Waals surface area contributed by atoms with Crippen molar-refractivity contribution in [3.8, 4) is 0 Å². The van der Waals surface area contributed by atoms with Gasteiger partial charge in [-0.15, -0.1) is 0 Å². The minimum Gasteiger partial charge on any atom is -0.387 e. The maximum atomic E-state index is 9.96. The van der Waals surface area contributed by atoms with Gasteiger partial charge in [-0.1, -0.05) is 19.3 Å². The van der Waals surface area contributed by atoms with Gasteiger partial charge in [0.25, 0.3) is 0 Å². The van der Waals surface area contributed by atoms with E-state index in [1.54, 1.807) is 12.5 Å². The van der Waals surface area contributed by atoms with Gasteiger partial charge < -0.3 is 10.1 Å². The third kappa shape index (κ3) is 1.91. The quantitative estimate of drug-likeness (QED) is 0.731. The van der Waals surface area contributed by atoms with Gasteiger partial charge in [-0.3, -0.25) is 0 Å². The second kappa shape index (κ2) is 3.92. The minimum atomic E-state index is -0.331. The second-order valence-electron chi connectivity index (χ2n) is 3.85. The molecule has 2 rings (SSSR count). The third-order valence-electron chi connectivity index (χ3n) is 2.93. The van der Waals surface area contributed by atoms with Gasteiger partial charge in [-0.05, 0) is 18.8 Å². The molecule has 1 aliphatic carbocycles. The maximum Gasteiger partial charge on any atom is 0.0981 e. The number of H-pyrrole nitrogens is 1. The summed E-state index contributed by atoms with van der Waals surface area (Å²) in [5.41, 5.74) is 0.868. The molecule has 0 aromatic carbocycles. The molecule has 1 aromatic heterocycles. The van der Waals surface area contributed by atoms with Crippen molar-refractivity contribution in [3.63, 3.8) is 0 Å². The van der Waals surface area contributed by atoms with E-state index in [1.807, 2.05) is 0 Å². The van der Waals surface area contributed by atoms with Crippen LogP contribution in [0.25, 0.3) is 0 Å². The summed E-state index contributed by atoms with van der Waals surface area (Å²) < 4.78 is 0. The Hall–Kier alpha value is -0.830. The van der Waals surface area contributed by atoms with Gasteiger partial charge in [0.15, 0.2) is 0 Å². The average molecular weight is 180 g/mol. The zero-order chi connectivity index (χ0) is 9.10. The van der Waals surface area contributed by atoms with Crippen molar-refractivity contribution in [2.75, 3.05) is 0 Å². The molecular formula is C10H16N2O. The largest absolute Gasteiger partial charge is 0.387 e. The molecule has 0 amide bonds. The number of hydrogen-bond donors (Lipinski definition) is 2. The lowest BCUT2D eigenvalue weighted by atomic mass is 9.84. The molecule has 72 valence electrons. The molecular weight excluding hydrogens is 164 g/mol. The maximum absolute atomic E-state index is 9.96. The van der Waals surface area contributed by atoms with E-state index in [-0.39, 0.29) is 6.10 Å². The normalized spacial score (nSPS) is 21.6. The van der Waals surface area contributed by atoms with Crippen LogP contribution >= 0.6 is 0 Å². The van der Waals surface area contributed by atoms with Crippen molar-refractivity contribution in [3.05, 3.63) is 18.2 Å². The molecule has 0 saturated heterocycles. The topological polar surface area (TPSA) is 48.9 Å². The number of aromatic amines is 1. The molecule has 1 aliphatic rings. The van der Waals surface area contributed by atoms with Crippen LogP contribution in [0.4, 0.5) is 0 Å². The first-order valence-electron chi connectivity index (χ1n) is 5.04. The molecule has 1 saturated carbocycles. The highest BCUT2D eigenvalue weighted by atomic mass is 16.3. The van der Waals surface area contributed by atoms with E-state index >= 15 is 0 Å². The number of aromatic nitrogens is 2. The highest BCUT2D eigenvalue weighted by Gasteiger charge is 2.23. The standard InChI is InChI=1S/C10H16N2O/c13-10(9-6-11-7-12-9)8-4-2-1-3-5-8/h6-8,10,13H,1-5H2,(H,11,12). The molecule has 0 radical (unpaired) electrons. The first-order valence-corrected chi connectivity index (χ1v) is 5.04. The fourth-order valence-electron chi connectivity index (χ4n) is 2.13. The molecule has 13 heavy (non-hydrogen) atoms. The van der Waals surface area contributed by atoms with Crippen molar-refractivity contribution in [1.82, 2.24) is 9.97 Å². The monoisotopic (exact) mass is 180 g/mol. The molecule has 2 N–H and O–H groups in total. The van der Waals surface area contributed by atoms with E-state index in [0.717, 1.165) is 18.5 Å². The van der Waals surface area contributed by atoms with Crippen LogP contribution in [0, 0.1) is 5.92 Å². The first kappa shape index (κ1) is 8.75. The summed E-state index contributed by atoms with van der Waals surface area (Å²) in [7, 11) is 0. The summed E-state index contributed by atoms with van der Waals surface area (Å²) in [5, 5.41) is 9.96. The van der Waals surface area contributed by atoms with Crippen LogP contribution in [-0.2, 0) is 0 Å². The van der Waals surface area contributed by atoms with Gasteiger partial charge >= 0.3 is 0 Å². The lowest BCUT2D eigenvalue weighted by Gasteiger charge is -2.25. The summed E-state index contributed by atoms with van der Waals surface area (Å²) in [6.07, 6.45) is 9.17. The number of nitrogens with one attached hydrogen (secondary N) is 1. The summed E-state index contributed by atoms with van der Waals surface area (Å²) in [6.45, 7) is 0. The lowest BCUT2D eigenvalue weighted by molar-refractivity contribution is 0.0815. The molecule has 0 spiro atoms. The SMILES string of the molecule is OC(c1cnc[nH]1)C1CCCCC1. The Bertz CT molecular complexity index is 239. The zero-order valence-electron chi connectivity index (χ0n) is 7.74. The predicted octanol–water partition coefficient (Wildman–Crippen LogP) is 2.02. The molecule has 0 bridgehead atoms. The molecule has 0 aliphatic heterocycles. The van der Waals surface area contributed by atoms with E-state index in [1.165, 1.54) is 19.3 Å². The van der Waals surface area contributed by atoms with Gasteiger partial charge in [0.05, 0.1) is 24.3 Å². The summed E-state index contributed by atoms with van der Waals surface area (Å²) in [6, 6.07) is 0. The Kier molecular flexibility index (Phi) is 2.64. The van der Waals surface area contributed by atoms with Crippen LogP contribution in [0.5, 0.6) is 0 Å². The third-order valence-corrected chi connectivity index (χ3v) is 2.93. The number of nitrogens with zero attached hydrogens (tertiary/aromatic N) is 1. The summed E-state index contributed by atoms with van der Waals surface area (Å²) >= 11 is 0. The second-order valence-corrected chi connectivity index (χ2v) is 3.85. The average Bonchev–Trinajstić information content (AvgIpc) is 2.71. The van der Waals surface area contributed by atoms with E-state index < -0.39 is 0 Å². The number of rotatable bonds is 2. The Morgan fingerprint density at radius 2 is 2.15 bits per heavy atom. The number of hydrogen-bond acceptors (Lipinski definition) is 2. The van der Waals surface area contributed by atoms with Crippen molar-refractivity contribution in [2.24, 2.45) is 5.92 Å². The zero-order valence-corrected chi connectivity index (χ0v) is 7.74. The predicted molar refractivity (Wildman–Crippen MR) is 50.1 cm³/mol. The van der Waals surface area contributed by atoms with Crippen molar-refractivity contribution in [1.29, 1.82) is 0 Å². The summed E-state index contributed by atoms with van der Waals surface area (Å²) in [4.78, 5) is 6.90. The van der Waals surface area contributed by atoms with Crippen LogP contribution in [0.2, 0.25) is 0 Å². The molecule has 1 aromatic rings. The van der Waals surface area contributed by atoms with Crippen LogP contribution in [0.15, 0.2) is 12.5 Å². The van der Waals surface area contributed by atoms with E-state index in [9.17, 15) is 5.11 Å². The van der Waals surface area contributed by atoms with Crippen LogP contribution in [-0.4, -0.2) is 15.1 Å². The molecule has 1 atom stereocenters. The van der Waals surface area contributed by atoms with Gasteiger partial charge in [0, 0.05) is 0 Å².